The van der Waals surface area contributed by atoms with Crippen LogP contribution in [-0.2, 0) is 53.2 Å². The summed E-state index contributed by atoms with van der Waals surface area (Å²) in [5.41, 5.74) is 10.2. The molecule has 3 aliphatic carbocycles. The first-order valence-corrected chi connectivity index (χ1v) is 48.8. The van der Waals surface area contributed by atoms with Crippen molar-refractivity contribution in [1.29, 1.82) is 0 Å². The third-order valence-electron chi connectivity index (χ3n) is 25.2. The van der Waals surface area contributed by atoms with E-state index in [9.17, 15) is 55.1 Å². The number of halogens is 14. The van der Waals surface area contributed by atoms with Gasteiger partial charge in [-0.05, 0) is 219 Å². The molecular formula is C96H122Cl8F6N18O7. The number of carbonyl (C=O) groups excluding carboxylic acids is 6. The van der Waals surface area contributed by atoms with Gasteiger partial charge in [-0.1, -0.05) is 132 Å². The lowest BCUT2D eigenvalue weighted by molar-refractivity contribution is -0.128. The first kappa shape index (κ1) is 107. The fourth-order valence-electron chi connectivity index (χ4n) is 17.0. The summed E-state index contributed by atoms with van der Waals surface area (Å²) in [6.45, 7) is 25.3. The number of nitrogens with zero attached hydrogens (tertiary/aromatic N) is 9. The quantitative estimate of drug-likeness (QED) is 0.0194. The Labute approximate surface area is 824 Å². The average molecular weight is 2040 g/mol. The maximum absolute atomic E-state index is 14.9. The van der Waals surface area contributed by atoms with Crippen molar-refractivity contribution in [2.24, 2.45) is 34.3 Å². The van der Waals surface area contributed by atoms with E-state index in [1.54, 1.807) is 80.5 Å². The van der Waals surface area contributed by atoms with Gasteiger partial charge < -0.3 is 66.7 Å². The highest BCUT2D eigenvalue weighted by Gasteiger charge is 2.35. The van der Waals surface area contributed by atoms with Crippen molar-refractivity contribution >= 4 is 180 Å². The molecule has 6 fully saturated rings. The number of anilines is 3. The Morgan fingerprint density at radius 3 is 0.956 bits per heavy atom. The number of pyridine rings is 3. The Balaban J connectivity index is 0.000000188. The molecule has 10 N–H and O–H groups in total. The number of piperidine rings is 3. The Morgan fingerprint density at radius 2 is 0.689 bits per heavy atom. The number of ether oxygens (including phenoxy) is 1. The van der Waals surface area contributed by atoms with Gasteiger partial charge in [-0.25, -0.2) is 61.0 Å². The highest BCUT2D eigenvalue weighted by atomic mass is 35.5. The standard InChI is InChI=1S/C32H40Cl2F2N6O3.C32H40Cl2F2N6O2.C27H32Cl2F2N6O.C5H9ClO.ClH/c1-17-5-7-20(8-6-17)38-30(43)22-14-24-28(41-29(22)42-11-9-19(35)10-12-42)40-25(39-24)15-21-26(33)18(13-23(36)27(21)34)16-37-31(44)45-32(2,3)4;1-17-5-7-20(8-6-17)38-30(43)22-14-24-28(41-29(22)42-11-9-19(35)10-12-42)40-25(39-24)15-21-26(33)18(13-23(36)27(21)34)16-37-31(44)32(2,3)4;1-14-2-4-17(5-3-14)33-27(38)19-11-21-25(36-26(19)37-8-6-16(30)7-9-37)35-22(34-21)12-18-23(28)15(13-32)10-20(31)24(18)29;1-5(2,3)4(6)7;/h13-14,17,19-20H,5-12,15-16H2,1-4H3,(H,37,44)(H,38,43)(H,39,40,41);13-14,17,19-20H,5-12,15-16H2,1-4H3,(H,37,44)(H,38,43)(H,39,40,41);10-11,14,16-17H,2-9,12-13,32H2,1H3,(H,33,38)(H,34,35,36);1-3H3;1H. The minimum Gasteiger partial charge on any atom is -0.444 e. The molecule has 135 heavy (non-hydrogen) atoms. The van der Waals surface area contributed by atoms with Crippen molar-refractivity contribution in [3.8, 4) is 0 Å². The van der Waals surface area contributed by atoms with E-state index in [1.165, 1.54) is 18.2 Å². The summed E-state index contributed by atoms with van der Waals surface area (Å²) >= 11 is 43.9. The molecule has 9 aromatic rings. The normalized spacial score (nSPS) is 19.4. The molecule has 3 aromatic carbocycles. The number of alkyl carbamates (subject to hydrolysis) is 1. The number of alkyl halides is 3. The number of aromatic nitrogens is 9. The summed E-state index contributed by atoms with van der Waals surface area (Å²) in [6.07, 6.45) is 11.2. The maximum atomic E-state index is 14.9. The Bertz CT molecular complexity index is 5720. The highest BCUT2D eigenvalue weighted by Crippen LogP contribution is 2.40. The highest BCUT2D eigenvalue weighted by molar-refractivity contribution is 6.64. The fourth-order valence-corrected chi connectivity index (χ4v) is 18.7. The molecule has 3 saturated carbocycles. The number of hydrogen-bond donors (Lipinski definition) is 9. The van der Waals surface area contributed by atoms with Crippen LogP contribution < -0.4 is 47.0 Å². The molecule has 6 aromatic heterocycles. The lowest BCUT2D eigenvalue weighted by Crippen LogP contribution is -2.40. The third kappa shape index (κ3) is 28.3. The number of nitrogens with two attached hydrogens (primary N) is 1. The number of benzene rings is 3. The lowest BCUT2D eigenvalue weighted by atomic mass is 9.87. The molecular weight excluding hydrogens is 1910 g/mol. The topological polar surface area (TPSA) is 332 Å². The fraction of sp³-hybridized carbons (Fsp3) is 0.562. The summed E-state index contributed by atoms with van der Waals surface area (Å²) in [5, 5.41) is 15.0. The smallest absolute Gasteiger partial charge is 0.407 e. The molecule has 15 rings (SSSR count). The number of carbonyl (C=O) groups is 6. The van der Waals surface area contributed by atoms with Crippen LogP contribution in [0.1, 0.15) is 281 Å². The molecule has 39 heteroatoms. The second kappa shape index (κ2) is 46.6. The Kier molecular flexibility index (Phi) is 36.9. The monoisotopic (exact) mass is 2030 g/mol. The van der Waals surface area contributed by atoms with Crippen molar-refractivity contribution in [2.75, 3.05) is 54.0 Å². The number of nitrogens with one attached hydrogen (secondary N) is 8. The van der Waals surface area contributed by atoms with Crippen LogP contribution in [0.15, 0.2) is 36.4 Å². The number of H-pyrrole nitrogens is 3. The van der Waals surface area contributed by atoms with E-state index in [-0.39, 0.29) is 134 Å². The first-order valence-electron chi connectivity index (χ1n) is 46.1. The largest absolute Gasteiger partial charge is 0.444 e. The molecule has 5 amide bonds. The number of hydrogen-bond acceptors (Lipinski definition) is 17. The van der Waals surface area contributed by atoms with Gasteiger partial charge in [0, 0.05) is 124 Å². The molecule has 0 unspecified atom stereocenters. The molecule has 0 radical (unpaired) electrons. The number of amides is 5. The third-order valence-corrected chi connectivity index (χ3v) is 28.4. The second-order valence-corrected chi connectivity index (χ2v) is 42.0. The van der Waals surface area contributed by atoms with Crippen molar-refractivity contribution in [1.82, 2.24) is 71.4 Å². The number of aromatic amines is 3. The van der Waals surface area contributed by atoms with Crippen molar-refractivity contribution < 1.29 is 59.8 Å². The van der Waals surface area contributed by atoms with Crippen LogP contribution in [0.5, 0.6) is 0 Å². The van der Waals surface area contributed by atoms with E-state index >= 15 is 0 Å². The van der Waals surface area contributed by atoms with E-state index in [2.05, 4.69) is 77.3 Å². The van der Waals surface area contributed by atoms with Gasteiger partial charge in [0.2, 0.25) is 11.1 Å². The van der Waals surface area contributed by atoms with Crippen LogP contribution in [0, 0.1) is 46.0 Å². The zero-order valence-corrected chi connectivity index (χ0v) is 84.3. The molecule has 3 saturated heterocycles. The lowest BCUT2D eigenvalue weighted by Gasteiger charge is -2.31. The van der Waals surface area contributed by atoms with Crippen LogP contribution >= 0.6 is 93.6 Å². The van der Waals surface area contributed by atoms with Gasteiger partial charge in [0.15, 0.2) is 16.9 Å². The summed E-state index contributed by atoms with van der Waals surface area (Å²) in [4.78, 5) is 119. The Morgan fingerprint density at radius 1 is 0.415 bits per heavy atom. The van der Waals surface area contributed by atoms with E-state index in [4.69, 9.17) is 107 Å². The Hall–Kier alpha value is -8.40. The van der Waals surface area contributed by atoms with Crippen molar-refractivity contribution in [2.45, 2.75) is 280 Å². The molecule has 3 aliphatic heterocycles. The van der Waals surface area contributed by atoms with Crippen molar-refractivity contribution in [3.63, 3.8) is 0 Å². The summed E-state index contributed by atoms with van der Waals surface area (Å²) in [6, 6.07) is 9.14. The number of fused-ring (bicyclic) bond motifs is 3. The molecule has 0 atom stereocenters. The van der Waals surface area contributed by atoms with Gasteiger partial charge in [0.05, 0.1) is 63.4 Å². The number of rotatable bonds is 20. The minimum absolute atomic E-state index is 0. The second-order valence-electron chi connectivity index (χ2n) is 39.4. The molecule has 736 valence electrons. The number of imidazole rings is 3. The maximum Gasteiger partial charge on any atom is 0.407 e. The van der Waals surface area contributed by atoms with Gasteiger partial charge in [0.25, 0.3) is 17.7 Å². The van der Waals surface area contributed by atoms with Crippen LogP contribution in [0.3, 0.4) is 0 Å². The SMILES string of the molecule is CC(C)(C)C(=O)Cl.CC1CCC(NC(=O)c2cc3[nH]c(Cc4c(Cl)c(F)cc(CN)c4Cl)nc3nc2N2CCC(F)CC2)CC1.CC1CCC(NC(=O)c2cc3[nH]c(Cc4c(Cl)c(F)cc(CNC(=O)C(C)(C)C)c4Cl)nc3nc2N2CCC(F)CC2)CC1.CC1CCC(NC(=O)c2cc3[nH]c(Cc4c(Cl)c(F)cc(CNC(=O)OC(C)(C)C)c4Cl)nc3nc2N2CCC(F)CC2)CC1.Cl. The van der Waals surface area contributed by atoms with Crippen molar-refractivity contribution in [3.05, 3.63) is 152 Å². The van der Waals surface area contributed by atoms with Gasteiger partial charge in [-0.3, -0.25) is 24.0 Å². The predicted octanol–water partition coefficient (Wildman–Crippen LogP) is 22.1. The zero-order chi connectivity index (χ0) is 97.3. The van der Waals surface area contributed by atoms with Crippen LogP contribution in [0.2, 0.25) is 30.1 Å². The van der Waals surface area contributed by atoms with E-state index in [0.29, 0.717) is 213 Å². The van der Waals surface area contributed by atoms with E-state index in [1.807, 2.05) is 14.7 Å². The predicted molar refractivity (Wildman–Crippen MR) is 525 cm³/mol. The summed E-state index contributed by atoms with van der Waals surface area (Å²) < 4.78 is 91.3. The van der Waals surface area contributed by atoms with Gasteiger partial charge in [-0.2, -0.15) is 0 Å². The van der Waals surface area contributed by atoms with E-state index < -0.39 is 53.1 Å². The average Bonchev–Trinajstić information content (AvgIpc) is 1.66. The van der Waals surface area contributed by atoms with Gasteiger partial charge in [0.1, 0.15) is 76.5 Å². The summed E-state index contributed by atoms with van der Waals surface area (Å²) in [7, 11) is 0. The van der Waals surface area contributed by atoms with Gasteiger partial charge >= 0.3 is 6.09 Å². The zero-order valence-electron chi connectivity index (χ0n) is 78.2. The summed E-state index contributed by atoms with van der Waals surface area (Å²) in [5.74, 6) is 1.92. The minimum atomic E-state index is -0.881. The van der Waals surface area contributed by atoms with Gasteiger partial charge in [-0.15, -0.1) is 12.4 Å². The van der Waals surface area contributed by atoms with E-state index in [0.717, 1.165) is 77.0 Å². The molecule has 6 aliphatic rings. The van der Waals surface area contributed by atoms with Crippen LogP contribution in [0.4, 0.5) is 48.6 Å². The van der Waals surface area contributed by atoms with Crippen LogP contribution in [0.25, 0.3) is 33.5 Å². The van der Waals surface area contributed by atoms with Crippen LogP contribution in [-0.4, -0.2) is 161 Å². The molecule has 0 spiro atoms. The first-order chi connectivity index (χ1) is 63.2. The molecule has 25 nitrogen and oxygen atoms in total. The molecule has 0 bridgehead atoms. The molecule has 9 heterocycles.